The number of anilines is 1. The Bertz CT molecular complexity index is 556. The highest BCUT2D eigenvalue weighted by molar-refractivity contribution is 5.91. The summed E-state index contributed by atoms with van der Waals surface area (Å²) in [7, 11) is 0. The minimum absolute atomic E-state index is 0.0948. The van der Waals surface area contributed by atoms with Crippen LogP contribution in [0.4, 0.5) is 10.2 Å². The first-order valence-corrected chi connectivity index (χ1v) is 5.26. The minimum Gasteiger partial charge on any atom is -0.382 e. The van der Waals surface area contributed by atoms with E-state index in [1.165, 1.54) is 18.5 Å². The first kappa shape index (κ1) is 12.0. The Balaban J connectivity index is 2.01. The normalized spacial score (nSPS) is 10.1. The number of nitrogens with two attached hydrogens (primary N) is 1. The van der Waals surface area contributed by atoms with E-state index in [1.54, 1.807) is 18.2 Å². The summed E-state index contributed by atoms with van der Waals surface area (Å²) in [5, 5.41) is 2.55. The van der Waals surface area contributed by atoms with Gasteiger partial charge in [-0.15, -0.1) is 0 Å². The lowest BCUT2D eigenvalue weighted by Gasteiger charge is -2.05. The predicted molar refractivity (Wildman–Crippen MR) is 64.0 cm³/mol. The zero-order valence-corrected chi connectivity index (χ0v) is 9.43. The lowest BCUT2D eigenvalue weighted by Crippen LogP contribution is -2.24. The number of hydrogen-bond acceptors (Lipinski definition) is 4. The fourth-order valence-corrected chi connectivity index (χ4v) is 1.36. The summed E-state index contributed by atoms with van der Waals surface area (Å²) < 4.78 is 13.3. The smallest absolute Gasteiger partial charge is 0.271 e. The van der Waals surface area contributed by atoms with Crippen LogP contribution in [0.1, 0.15) is 16.1 Å². The maximum atomic E-state index is 13.3. The summed E-state index contributed by atoms with van der Waals surface area (Å²) in [6.45, 7) is 0.0948. The van der Waals surface area contributed by atoms with Crippen molar-refractivity contribution in [3.8, 4) is 0 Å². The van der Waals surface area contributed by atoms with Gasteiger partial charge in [-0.1, -0.05) is 18.2 Å². The summed E-state index contributed by atoms with van der Waals surface area (Å²) in [5.74, 6) is -0.549. The average Bonchev–Trinajstić information content (AvgIpc) is 2.38. The number of carbonyl (C=O) groups excluding carboxylic acids is 1. The van der Waals surface area contributed by atoms with E-state index in [1.807, 2.05) is 0 Å². The third-order valence-corrected chi connectivity index (χ3v) is 2.30. The molecule has 0 aliphatic rings. The maximum absolute atomic E-state index is 13.3. The Morgan fingerprint density at radius 1 is 1.28 bits per heavy atom. The molecule has 0 spiro atoms. The van der Waals surface area contributed by atoms with Crippen LogP contribution in [0.25, 0.3) is 0 Å². The van der Waals surface area contributed by atoms with Crippen LogP contribution in [0.3, 0.4) is 0 Å². The molecule has 1 aromatic heterocycles. The molecule has 0 atom stereocenters. The van der Waals surface area contributed by atoms with Gasteiger partial charge in [-0.2, -0.15) is 0 Å². The van der Waals surface area contributed by atoms with Gasteiger partial charge in [0.1, 0.15) is 17.3 Å². The Hall–Kier alpha value is -2.50. The van der Waals surface area contributed by atoms with Crippen LogP contribution < -0.4 is 11.1 Å². The fourth-order valence-electron chi connectivity index (χ4n) is 1.36. The van der Waals surface area contributed by atoms with Gasteiger partial charge in [0.05, 0.1) is 12.4 Å². The molecule has 5 nitrogen and oxygen atoms in total. The van der Waals surface area contributed by atoms with Gasteiger partial charge in [-0.3, -0.25) is 4.79 Å². The highest BCUT2D eigenvalue weighted by Crippen LogP contribution is 2.06. The molecule has 1 heterocycles. The van der Waals surface area contributed by atoms with Crippen molar-refractivity contribution in [3.05, 3.63) is 53.7 Å². The van der Waals surface area contributed by atoms with E-state index in [0.717, 1.165) is 0 Å². The van der Waals surface area contributed by atoms with Crippen molar-refractivity contribution in [1.29, 1.82) is 0 Å². The molecule has 92 valence electrons. The molecule has 3 N–H and O–H groups in total. The third kappa shape index (κ3) is 2.79. The zero-order valence-electron chi connectivity index (χ0n) is 9.43. The number of hydrogen-bond donors (Lipinski definition) is 2. The van der Waals surface area contributed by atoms with E-state index in [0.29, 0.717) is 5.56 Å². The van der Waals surface area contributed by atoms with Gasteiger partial charge < -0.3 is 11.1 Å². The number of aromatic nitrogens is 2. The van der Waals surface area contributed by atoms with Crippen molar-refractivity contribution in [3.63, 3.8) is 0 Å². The average molecular weight is 246 g/mol. The molecule has 0 aliphatic carbocycles. The second-order valence-electron chi connectivity index (χ2n) is 3.60. The van der Waals surface area contributed by atoms with E-state index in [9.17, 15) is 9.18 Å². The van der Waals surface area contributed by atoms with Gasteiger partial charge in [0.15, 0.2) is 0 Å². The largest absolute Gasteiger partial charge is 0.382 e. The number of rotatable bonds is 3. The fraction of sp³-hybridized carbons (Fsp3) is 0.0833. The van der Waals surface area contributed by atoms with Gasteiger partial charge >= 0.3 is 0 Å². The number of benzene rings is 1. The van der Waals surface area contributed by atoms with Crippen LogP contribution in [-0.4, -0.2) is 15.9 Å². The number of nitrogens with zero attached hydrogens (tertiary/aromatic N) is 2. The molecule has 1 aromatic carbocycles. The monoisotopic (exact) mass is 246 g/mol. The molecular weight excluding hydrogens is 235 g/mol. The van der Waals surface area contributed by atoms with Crippen LogP contribution in [-0.2, 0) is 6.54 Å². The van der Waals surface area contributed by atoms with E-state index in [2.05, 4.69) is 15.3 Å². The molecule has 2 aromatic rings. The number of nitrogens with one attached hydrogen (secondary N) is 1. The van der Waals surface area contributed by atoms with Crippen molar-refractivity contribution in [2.75, 3.05) is 5.73 Å². The lowest BCUT2D eigenvalue weighted by atomic mass is 10.2. The van der Waals surface area contributed by atoms with E-state index in [4.69, 9.17) is 5.73 Å². The topological polar surface area (TPSA) is 80.9 Å². The van der Waals surface area contributed by atoms with Crippen molar-refractivity contribution in [2.45, 2.75) is 6.54 Å². The molecule has 0 fully saturated rings. The molecule has 0 saturated heterocycles. The Labute approximate surface area is 103 Å². The van der Waals surface area contributed by atoms with Crippen LogP contribution in [0.5, 0.6) is 0 Å². The quantitative estimate of drug-likeness (QED) is 0.850. The van der Waals surface area contributed by atoms with Gasteiger partial charge in [0, 0.05) is 12.1 Å². The highest BCUT2D eigenvalue weighted by Gasteiger charge is 2.08. The minimum atomic E-state index is -0.425. The number of carbonyl (C=O) groups is 1. The first-order valence-electron chi connectivity index (χ1n) is 5.26. The summed E-state index contributed by atoms with van der Waals surface area (Å²) >= 11 is 0. The van der Waals surface area contributed by atoms with Crippen molar-refractivity contribution < 1.29 is 9.18 Å². The first-order chi connectivity index (χ1) is 8.66. The Morgan fingerprint density at radius 3 is 2.72 bits per heavy atom. The van der Waals surface area contributed by atoms with Crippen molar-refractivity contribution >= 4 is 11.7 Å². The number of nitrogen functional groups attached to an aromatic ring is 1. The molecule has 0 radical (unpaired) electrons. The third-order valence-electron chi connectivity index (χ3n) is 2.30. The Kier molecular flexibility index (Phi) is 3.47. The van der Waals surface area contributed by atoms with Gasteiger partial charge in [-0.25, -0.2) is 14.4 Å². The molecule has 0 bridgehead atoms. The SMILES string of the molecule is Nc1cnc(C(=O)NCc2ccccc2F)cn1. The van der Waals surface area contributed by atoms with Crippen LogP contribution in [0, 0.1) is 5.82 Å². The van der Waals surface area contributed by atoms with Crippen molar-refractivity contribution in [2.24, 2.45) is 0 Å². The number of amides is 1. The summed E-state index contributed by atoms with van der Waals surface area (Å²) in [6.07, 6.45) is 2.56. The Morgan fingerprint density at radius 2 is 2.06 bits per heavy atom. The van der Waals surface area contributed by atoms with Crippen LogP contribution in [0.15, 0.2) is 36.7 Å². The molecule has 6 heteroatoms. The van der Waals surface area contributed by atoms with Gasteiger partial charge in [-0.05, 0) is 6.07 Å². The highest BCUT2D eigenvalue weighted by atomic mass is 19.1. The molecule has 1 amide bonds. The lowest BCUT2D eigenvalue weighted by molar-refractivity contribution is 0.0945. The second kappa shape index (κ2) is 5.22. The zero-order chi connectivity index (χ0) is 13.0. The molecule has 18 heavy (non-hydrogen) atoms. The van der Waals surface area contributed by atoms with Gasteiger partial charge in [0.25, 0.3) is 5.91 Å². The summed E-state index contributed by atoms with van der Waals surface area (Å²) in [4.78, 5) is 19.2. The summed E-state index contributed by atoms with van der Waals surface area (Å²) in [5.41, 5.74) is 5.91. The second-order valence-corrected chi connectivity index (χ2v) is 3.60. The van der Waals surface area contributed by atoms with Gasteiger partial charge in [0.2, 0.25) is 0 Å². The summed E-state index contributed by atoms with van der Waals surface area (Å²) in [6, 6.07) is 6.23. The predicted octanol–water partition coefficient (Wildman–Crippen LogP) is 1.13. The van der Waals surface area contributed by atoms with E-state index >= 15 is 0 Å². The molecule has 0 unspecified atom stereocenters. The molecule has 2 rings (SSSR count). The molecule has 0 saturated carbocycles. The maximum Gasteiger partial charge on any atom is 0.271 e. The van der Waals surface area contributed by atoms with E-state index in [-0.39, 0.29) is 23.9 Å². The molecule has 0 aliphatic heterocycles. The number of halogens is 1. The standard InChI is InChI=1S/C12H11FN4O/c13-9-4-2-1-3-8(9)5-17-12(18)10-6-16-11(14)7-15-10/h1-4,6-7H,5H2,(H2,14,16)(H,17,18). The molecular formula is C12H11FN4O. The van der Waals surface area contributed by atoms with E-state index < -0.39 is 5.91 Å². The van der Waals surface area contributed by atoms with Crippen molar-refractivity contribution in [1.82, 2.24) is 15.3 Å². The van der Waals surface area contributed by atoms with Crippen LogP contribution >= 0.6 is 0 Å². The van der Waals surface area contributed by atoms with Crippen LogP contribution in [0.2, 0.25) is 0 Å².